The van der Waals surface area contributed by atoms with Gasteiger partial charge in [0.1, 0.15) is 12.4 Å². The molecule has 1 aromatic carbocycles. The molecule has 2 aliphatic heterocycles. The largest absolute Gasteiger partial charge is 0.489 e. The van der Waals surface area contributed by atoms with E-state index >= 15 is 0 Å². The Bertz CT molecular complexity index is 646. The summed E-state index contributed by atoms with van der Waals surface area (Å²) in [5, 5.41) is 20.4. The number of para-hydroxylation sites is 1. The zero-order valence-corrected chi connectivity index (χ0v) is 17.0. The van der Waals surface area contributed by atoms with Crippen molar-refractivity contribution >= 4 is 0 Å². The lowest BCUT2D eigenvalue weighted by atomic mass is 9.94. The number of benzene rings is 1. The van der Waals surface area contributed by atoms with Gasteiger partial charge in [-0.05, 0) is 44.2 Å². The Morgan fingerprint density at radius 1 is 1.18 bits per heavy atom. The third-order valence-electron chi connectivity index (χ3n) is 5.73. The molecule has 0 saturated carbocycles. The number of ether oxygens (including phenoxy) is 3. The van der Waals surface area contributed by atoms with Crippen LogP contribution in [0.15, 0.2) is 36.4 Å². The molecule has 2 N–H and O–H groups in total. The molecule has 2 saturated heterocycles. The summed E-state index contributed by atoms with van der Waals surface area (Å²) in [6, 6.07) is 7.84. The number of hydrogen-bond donors (Lipinski definition) is 2. The molecule has 0 radical (unpaired) electrons. The average Bonchev–Trinajstić information content (AvgIpc) is 2.69. The summed E-state index contributed by atoms with van der Waals surface area (Å²) in [4.78, 5) is 0. The zero-order chi connectivity index (χ0) is 20.1. The minimum absolute atomic E-state index is 0.0729. The highest BCUT2D eigenvalue weighted by atomic mass is 16.5. The molecule has 5 heteroatoms. The van der Waals surface area contributed by atoms with Crippen LogP contribution in [0.2, 0.25) is 0 Å². The van der Waals surface area contributed by atoms with Crippen molar-refractivity contribution in [3.8, 4) is 5.75 Å². The number of hydrogen-bond acceptors (Lipinski definition) is 5. The molecule has 5 nitrogen and oxygen atoms in total. The molecule has 6 atom stereocenters. The highest BCUT2D eigenvalue weighted by molar-refractivity contribution is 5.36. The highest BCUT2D eigenvalue weighted by Crippen LogP contribution is 2.37. The fraction of sp³-hybridized carbons (Fsp3) is 0.652. The van der Waals surface area contributed by atoms with Crippen molar-refractivity contribution in [1.82, 2.24) is 0 Å². The van der Waals surface area contributed by atoms with E-state index in [0.717, 1.165) is 36.1 Å². The van der Waals surface area contributed by atoms with Crippen molar-refractivity contribution < 1.29 is 24.4 Å². The summed E-state index contributed by atoms with van der Waals surface area (Å²) in [7, 11) is 0. The monoisotopic (exact) mass is 390 g/mol. The van der Waals surface area contributed by atoms with Gasteiger partial charge in [-0.25, -0.2) is 0 Å². The van der Waals surface area contributed by atoms with Gasteiger partial charge in [-0.15, -0.1) is 0 Å². The molecule has 0 amide bonds. The van der Waals surface area contributed by atoms with Crippen LogP contribution < -0.4 is 4.74 Å². The molecule has 2 heterocycles. The van der Waals surface area contributed by atoms with Gasteiger partial charge in [0.05, 0.1) is 36.6 Å². The summed E-state index contributed by atoms with van der Waals surface area (Å²) < 4.78 is 18.1. The van der Waals surface area contributed by atoms with Crippen LogP contribution in [0.25, 0.3) is 0 Å². The van der Waals surface area contributed by atoms with Gasteiger partial charge >= 0.3 is 0 Å². The zero-order valence-electron chi connectivity index (χ0n) is 17.0. The molecular weight excluding hydrogens is 356 g/mol. The number of aliphatic hydroxyl groups excluding tert-OH is 2. The first kappa shape index (κ1) is 21.3. The van der Waals surface area contributed by atoms with Crippen molar-refractivity contribution in [1.29, 1.82) is 0 Å². The van der Waals surface area contributed by atoms with E-state index in [0.29, 0.717) is 25.9 Å². The smallest absolute Gasteiger partial charge is 0.125 e. The van der Waals surface area contributed by atoms with Crippen molar-refractivity contribution in [2.24, 2.45) is 0 Å². The van der Waals surface area contributed by atoms with E-state index in [2.05, 4.69) is 13.5 Å². The van der Waals surface area contributed by atoms with Gasteiger partial charge < -0.3 is 24.4 Å². The lowest BCUT2D eigenvalue weighted by Gasteiger charge is -2.34. The maximum Gasteiger partial charge on any atom is 0.125 e. The topological polar surface area (TPSA) is 68.2 Å². The Kier molecular flexibility index (Phi) is 7.52. The normalized spacial score (nSPS) is 33.4. The van der Waals surface area contributed by atoms with E-state index in [9.17, 15) is 10.2 Å². The maximum absolute atomic E-state index is 10.2. The second-order valence-corrected chi connectivity index (χ2v) is 8.19. The van der Waals surface area contributed by atoms with Gasteiger partial charge in [-0.3, -0.25) is 0 Å². The van der Waals surface area contributed by atoms with Gasteiger partial charge in [0, 0.05) is 18.4 Å². The fourth-order valence-corrected chi connectivity index (χ4v) is 4.09. The molecule has 0 aromatic heterocycles. The predicted molar refractivity (Wildman–Crippen MR) is 108 cm³/mol. The number of rotatable bonds is 7. The van der Waals surface area contributed by atoms with Crippen LogP contribution in [0.5, 0.6) is 5.75 Å². The van der Waals surface area contributed by atoms with Crippen LogP contribution >= 0.6 is 0 Å². The average molecular weight is 391 g/mol. The van der Waals surface area contributed by atoms with E-state index in [1.807, 2.05) is 31.2 Å². The molecule has 0 aliphatic carbocycles. The van der Waals surface area contributed by atoms with Crippen molar-refractivity contribution in [2.45, 2.75) is 89.0 Å². The second kappa shape index (κ2) is 9.88. The van der Waals surface area contributed by atoms with E-state index in [1.54, 1.807) is 0 Å². The molecule has 0 spiro atoms. The Morgan fingerprint density at radius 2 is 1.96 bits per heavy atom. The van der Waals surface area contributed by atoms with E-state index in [-0.39, 0.29) is 30.5 Å². The van der Waals surface area contributed by atoms with Gasteiger partial charge in [-0.1, -0.05) is 31.7 Å². The van der Waals surface area contributed by atoms with Crippen LogP contribution in [0.4, 0.5) is 0 Å². The standard InChI is InChI=1S/C23H34O5/c1-4-18-12-17(24)13-22(28-18)19-7-5-6-8-21(19)26-14-15(2)11-23-20(25)10-9-16(3)27-23/h5-8,16-18,20,22-25H,2,4,9-14H2,1,3H3/t16-,17?,18?,20?,22?,23?/m0/s1. The van der Waals surface area contributed by atoms with Crippen LogP contribution in [0.3, 0.4) is 0 Å². The molecule has 0 bridgehead atoms. The Labute approximate surface area is 168 Å². The summed E-state index contributed by atoms with van der Waals surface area (Å²) >= 11 is 0. The number of aliphatic hydroxyl groups is 2. The predicted octanol–water partition coefficient (Wildman–Crippen LogP) is 3.93. The lowest BCUT2D eigenvalue weighted by molar-refractivity contribution is -0.110. The molecule has 5 unspecified atom stereocenters. The van der Waals surface area contributed by atoms with E-state index in [1.165, 1.54) is 0 Å². The fourth-order valence-electron chi connectivity index (χ4n) is 4.09. The highest BCUT2D eigenvalue weighted by Gasteiger charge is 2.31. The minimum atomic E-state index is -0.441. The SMILES string of the molecule is C=C(COc1ccccc1C1CC(O)CC(CC)O1)CC1O[C@@H](C)CCC1O. The van der Waals surface area contributed by atoms with Crippen LogP contribution in [0, 0.1) is 0 Å². The third kappa shape index (κ3) is 5.57. The Hall–Kier alpha value is -1.40. The Morgan fingerprint density at radius 3 is 2.75 bits per heavy atom. The first-order valence-corrected chi connectivity index (χ1v) is 10.5. The first-order chi connectivity index (χ1) is 13.5. The van der Waals surface area contributed by atoms with Gasteiger partial charge in [0.15, 0.2) is 0 Å². The van der Waals surface area contributed by atoms with E-state index < -0.39 is 6.10 Å². The quantitative estimate of drug-likeness (QED) is 0.691. The summed E-state index contributed by atoms with van der Waals surface area (Å²) in [6.07, 6.45) is 3.48. The maximum atomic E-state index is 10.2. The molecular formula is C23H34O5. The van der Waals surface area contributed by atoms with Crippen molar-refractivity contribution in [2.75, 3.05) is 6.61 Å². The Balaban J connectivity index is 1.59. The van der Waals surface area contributed by atoms with Crippen LogP contribution in [-0.4, -0.2) is 47.3 Å². The third-order valence-corrected chi connectivity index (χ3v) is 5.73. The van der Waals surface area contributed by atoms with Gasteiger partial charge in [-0.2, -0.15) is 0 Å². The summed E-state index contributed by atoms with van der Waals surface area (Å²) in [5.41, 5.74) is 1.86. The van der Waals surface area contributed by atoms with E-state index in [4.69, 9.17) is 14.2 Å². The summed E-state index contributed by atoms with van der Waals surface area (Å²) in [5.74, 6) is 0.760. The molecule has 2 aliphatic rings. The van der Waals surface area contributed by atoms with Crippen LogP contribution in [-0.2, 0) is 9.47 Å². The molecule has 1 aromatic rings. The molecule has 2 fully saturated rings. The van der Waals surface area contributed by atoms with Gasteiger partial charge in [0.2, 0.25) is 0 Å². The summed E-state index contributed by atoms with van der Waals surface area (Å²) in [6.45, 7) is 8.60. The van der Waals surface area contributed by atoms with Crippen molar-refractivity contribution in [3.05, 3.63) is 42.0 Å². The van der Waals surface area contributed by atoms with Crippen LogP contribution in [0.1, 0.15) is 64.0 Å². The second-order valence-electron chi connectivity index (χ2n) is 8.19. The van der Waals surface area contributed by atoms with Crippen molar-refractivity contribution in [3.63, 3.8) is 0 Å². The molecule has 3 rings (SSSR count). The first-order valence-electron chi connectivity index (χ1n) is 10.5. The van der Waals surface area contributed by atoms with Gasteiger partial charge in [0.25, 0.3) is 0 Å². The molecule has 28 heavy (non-hydrogen) atoms. The molecule has 156 valence electrons. The lowest BCUT2D eigenvalue weighted by Crippen LogP contribution is -2.38. The minimum Gasteiger partial charge on any atom is -0.489 e.